The van der Waals surface area contributed by atoms with Crippen molar-refractivity contribution in [3.05, 3.63) is 29.3 Å². The molecule has 2 heteroatoms. The van der Waals surface area contributed by atoms with E-state index in [2.05, 4.69) is 32.0 Å². The lowest BCUT2D eigenvalue weighted by Crippen LogP contribution is -2.48. The van der Waals surface area contributed by atoms with Gasteiger partial charge >= 0.3 is 0 Å². The van der Waals surface area contributed by atoms with Crippen LogP contribution in [0.3, 0.4) is 0 Å². The fourth-order valence-electron chi connectivity index (χ4n) is 3.03. The zero-order valence-electron chi connectivity index (χ0n) is 11.4. The Hall–Kier alpha value is -1.02. The predicted octanol–water partition coefficient (Wildman–Crippen LogP) is 3.78. The molecule has 1 atom stereocenters. The highest BCUT2D eigenvalue weighted by molar-refractivity contribution is 5.38. The molecule has 1 unspecified atom stereocenters. The molecule has 0 radical (unpaired) electrons. The molecule has 1 heterocycles. The molecule has 0 bridgehead atoms. The Bertz CT molecular complexity index is 435. The topological polar surface area (TPSA) is 18.5 Å². The molecule has 18 heavy (non-hydrogen) atoms. The third-order valence-corrected chi connectivity index (χ3v) is 4.56. The first-order valence-corrected chi connectivity index (χ1v) is 7.05. The molecule has 0 amide bonds. The lowest BCUT2D eigenvalue weighted by molar-refractivity contribution is -0.153. The van der Waals surface area contributed by atoms with Crippen LogP contribution in [0, 0.1) is 13.8 Å². The summed E-state index contributed by atoms with van der Waals surface area (Å²) in [6.07, 6.45) is 6.19. The van der Waals surface area contributed by atoms with Gasteiger partial charge in [-0.1, -0.05) is 12.1 Å². The molecule has 1 aromatic rings. The molecule has 98 valence electrons. The summed E-state index contributed by atoms with van der Waals surface area (Å²) in [6.45, 7) is 5.14. The van der Waals surface area contributed by atoms with Crippen molar-refractivity contribution in [2.75, 3.05) is 6.61 Å². The third-order valence-electron chi connectivity index (χ3n) is 4.56. The minimum Gasteiger partial charge on any atom is -0.490 e. The smallest absolute Gasteiger partial charge is 0.122 e. The van der Waals surface area contributed by atoms with Gasteiger partial charge in [-0.25, -0.2) is 0 Å². The third kappa shape index (κ3) is 2.14. The van der Waals surface area contributed by atoms with E-state index in [4.69, 9.17) is 9.47 Å². The van der Waals surface area contributed by atoms with Crippen LogP contribution in [-0.2, 0) is 4.74 Å². The molecular weight excluding hydrogens is 224 g/mol. The maximum absolute atomic E-state index is 6.22. The molecule has 1 saturated carbocycles. The molecule has 1 saturated heterocycles. The van der Waals surface area contributed by atoms with Crippen molar-refractivity contribution in [1.29, 1.82) is 0 Å². The fourth-order valence-corrected chi connectivity index (χ4v) is 3.03. The number of ether oxygens (including phenoxy) is 2. The van der Waals surface area contributed by atoms with Crippen LogP contribution in [0.5, 0.6) is 5.75 Å². The first kappa shape index (κ1) is 12.0. The summed E-state index contributed by atoms with van der Waals surface area (Å²) in [5, 5.41) is 0. The SMILES string of the molecule is Cc1cccc(OC2CCOC3(CCC3)C2)c1C. The largest absolute Gasteiger partial charge is 0.490 e. The Morgan fingerprint density at radius 2 is 2.11 bits per heavy atom. The highest BCUT2D eigenvalue weighted by atomic mass is 16.5. The average molecular weight is 246 g/mol. The second kappa shape index (κ2) is 4.58. The molecule has 2 aliphatic rings. The molecular formula is C16H22O2. The number of rotatable bonds is 2. The quantitative estimate of drug-likeness (QED) is 0.790. The summed E-state index contributed by atoms with van der Waals surface area (Å²) in [5.41, 5.74) is 2.74. The molecule has 1 aromatic carbocycles. The Balaban J connectivity index is 1.70. The standard InChI is InChI=1S/C16H22O2/c1-12-5-3-6-15(13(12)2)18-14-7-10-17-16(11-14)8-4-9-16/h3,5-6,14H,4,7-11H2,1-2H3. The van der Waals surface area contributed by atoms with Crippen LogP contribution in [-0.4, -0.2) is 18.3 Å². The first-order valence-electron chi connectivity index (χ1n) is 7.05. The van der Waals surface area contributed by atoms with Crippen LogP contribution in [0.25, 0.3) is 0 Å². The van der Waals surface area contributed by atoms with E-state index in [-0.39, 0.29) is 5.60 Å². The van der Waals surface area contributed by atoms with E-state index in [1.165, 1.54) is 30.4 Å². The van der Waals surface area contributed by atoms with Crippen molar-refractivity contribution >= 4 is 0 Å². The first-order chi connectivity index (χ1) is 8.69. The van der Waals surface area contributed by atoms with Crippen LogP contribution in [0.15, 0.2) is 18.2 Å². The number of hydrogen-bond donors (Lipinski definition) is 0. The normalized spacial score (nSPS) is 25.8. The van der Waals surface area contributed by atoms with Gasteiger partial charge < -0.3 is 9.47 Å². The van der Waals surface area contributed by atoms with Crippen LogP contribution in [0.4, 0.5) is 0 Å². The second-order valence-electron chi connectivity index (χ2n) is 5.82. The Labute approximate surface area is 109 Å². The van der Waals surface area contributed by atoms with Gasteiger partial charge in [-0.3, -0.25) is 0 Å². The van der Waals surface area contributed by atoms with Crippen molar-refractivity contribution in [1.82, 2.24) is 0 Å². The summed E-state index contributed by atoms with van der Waals surface area (Å²) in [7, 11) is 0. The number of aryl methyl sites for hydroxylation is 1. The summed E-state index contributed by atoms with van der Waals surface area (Å²) in [6, 6.07) is 6.31. The van der Waals surface area contributed by atoms with E-state index in [1.54, 1.807) is 0 Å². The molecule has 0 N–H and O–H groups in total. The van der Waals surface area contributed by atoms with Gasteiger partial charge in [0.05, 0.1) is 12.2 Å². The van der Waals surface area contributed by atoms with Crippen LogP contribution < -0.4 is 4.74 Å². The minimum atomic E-state index is 0.167. The van der Waals surface area contributed by atoms with Crippen LogP contribution in [0.1, 0.15) is 43.2 Å². The van der Waals surface area contributed by atoms with Gasteiger partial charge in [-0.2, -0.15) is 0 Å². The van der Waals surface area contributed by atoms with Gasteiger partial charge in [0.1, 0.15) is 11.9 Å². The average Bonchev–Trinajstić information content (AvgIpc) is 2.34. The number of benzene rings is 1. The fraction of sp³-hybridized carbons (Fsp3) is 0.625. The van der Waals surface area contributed by atoms with E-state index < -0.39 is 0 Å². The molecule has 1 aliphatic carbocycles. The zero-order valence-corrected chi connectivity index (χ0v) is 11.4. The molecule has 3 rings (SSSR count). The minimum absolute atomic E-state index is 0.167. The van der Waals surface area contributed by atoms with E-state index in [0.29, 0.717) is 6.10 Å². The van der Waals surface area contributed by atoms with Gasteiger partial charge in [-0.15, -0.1) is 0 Å². The van der Waals surface area contributed by atoms with Crippen molar-refractivity contribution in [2.24, 2.45) is 0 Å². The Kier molecular flexibility index (Phi) is 3.06. The zero-order chi connectivity index (χ0) is 12.6. The Morgan fingerprint density at radius 3 is 2.83 bits per heavy atom. The van der Waals surface area contributed by atoms with Crippen LogP contribution in [0.2, 0.25) is 0 Å². The van der Waals surface area contributed by atoms with E-state index in [0.717, 1.165) is 25.2 Å². The second-order valence-corrected chi connectivity index (χ2v) is 5.82. The Morgan fingerprint density at radius 1 is 1.28 bits per heavy atom. The van der Waals surface area contributed by atoms with Crippen molar-refractivity contribution in [3.63, 3.8) is 0 Å². The lowest BCUT2D eigenvalue weighted by atomic mass is 9.74. The molecule has 1 spiro atoms. The highest BCUT2D eigenvalue weighted by Gasteiger charge is 2.43. The maximum atomic E-state index is 6.22. The summed E-state index contributed by atoms with van der Waals surface area (Å²) in [4.78, 5) is 0. The number of hydrogen-bond acceptors (Lipinski definition) is 2. The van der Waals surface area contributed by atoms with Crippen molar-refractivity contribution in [3.8, 4) is 5.75 Å². The van der Waals surface area contributed by atoms with Gasteiger partial charge in [0, 0.05) is 12.8 Å². The summed E-state index contributed by atoms with van der Waals surface area (Å²) < 4.78 is 12.2. The maximum Gasteiger partial charge on any atom is 0.122 e. The lowest BCUT2D eigenvalue weighted by Gasteiger charge is -2.47. The summed E-state index contributed by atoms with van der Waals surface area (Å²) in [5.74, 6) is 1.05. The molecule has 0 aromatic heterocycles. The van der Waals surface area contributed by atoms with Gasteiger partial charge in [0.2, 0.25) is 0 Å². The van der Waals surface area contributed by atoms with E-state index in [9.17, 15) is 0 Å². The summed E-state index contributed by atoms with van der Waals surface area (Å²) >= 11 is 0. The predicted molar refractivity (Wildman–Crippen MR) is 72.1 cm³/mol. The van der Waals surface area contributed by atoms with Crippen molar-refractivity contribution in [2.45, 2.75) is 57.7 Å². The van der Waals surface area contributed by atoms with Gasteiger partial charge in [0.15, 0.2) is 0 Å². The van der Waals surface area contributed by atoms with Crippen LogP contribution >= 0.6 is 0 Å². The monoisotopic (exact) mass is 246 g/mol. The molecule has 1 aliphatic heterocycles. The van der Waals surface area contributed by atoms with E-state index >= 15 is 0 Å². The van der Waals surface area contributed by atoms with Gasteiger partial charge in [0.25, 0.3) is 0 Å². The van der Waals surface area contributed by atoms with Gasteiger partial charge in [-0.05, 0) is 50.3 Å². The highest BCUT2D eigenvalue weighted by Crippen LogP contribution is 2.43. The molecule has 2 fully saturated rings. The van der Waals surface area contributed by atoms with Crippen molar-refractivity contribution < 1.29 is 9.47 Å². The molecule has 2 nitrogen and oxygen atoms in total. The van der Waals surface area contributed by atoms with E-state index in [1.807, 2.05) is 0 Å².